The molecule has 0 aromatic carbocycles. The lowest BCUT2D eigenvalue weighted by molar-refractivity contribution is 0.208. The third-order valence-electron chi connectivity index (χ3n) is 3.43. The molecule has 0 aliphatic carbocycles. The number of nitrogens with zero attached hydrogens (tertiary/aromatic N) is 3. The van der Waals surface area contributed by atoms with Crippen molar-refractivity contribution in [2.24, 2.45) is 5.92 Å². The summed E-state index contributed by atoms with van der Waals surface area (Å²) in [7, 11) is 1.87. The molecule has 1 aliphatic heterocycles. The predicted molar refractivity (Wildman–Crippen MR) is 73.0 cm³/mol. The Hall–Kier alpha value is -1.36. The Morgan fingerprint density at radius 2 is 2.33 bits per heavy atom. The molecule has 1 aromatic rings. The number of piperidine rings is 1. The zero-order valence-electron chi connectivity index (χ0n) is 11.2. The van der Waals surface area contributed by atoms with Crippen LogP contribution in [0.5, 0.6) is 0 Å². The molecule has 1 fully saturated rings. The highest BCUT2D eigenvalue weighted by atomic mass is 16.3. The molecule has 1 unspecified atom stereocenters. The summed E-state index contributed by atoms with van der Waals surface area (Å²) >= 11 is 0. The van der Waals surface area contributed by atoms with Gasteiger partial charge in [-0.2, -0.15) is 0 Å². The summed E-state index contributed by atoms with van der Waals surface area (Å²) in [5.74, 6) is 3.08. The maximum Gasteiger partial charge on any atom is 0.134 e. The van der Waals surface area contributed by atoms with Gasteiger partial charge in [-0.3, -0.25) is 0 Å². The van der Waals surface area contributed by atoms with E-state index >= 15 is 0 Å². The topological polar surface area (TPSA) is 61.3 Å². The van der Waals surface area contributed by atoms with E-state index in [-0.39, 0.29) is 6.61 Å². The second-order valence-electron chi connectivity index (χ2n) is 4.77. The quantitative estimate of drug-likeness (QED) is 0.843. The summed E-state index contributed by atoms with van der Waals surface area (Å²) in [6.45, 7) is 4.23. The highest BCUT2D eigenvalue weighted by Gasteiger charge is 2.21. The Morgan fingerprint density at radius 3 is 3.00 bits per heavy atom. The van der Waals surface area contributed by atoms with E-state index in [0.29, 0.717) is 5.92 Å². The maximum atomic E-state index is 9.29. The number of aliphatic hydroxyl groups excluding tert-OH is 1. The number of aliphatic hydroxyl groups is 1. The van der Waals surface area contributed by atoms with Crippen LogP contribution in [0.2, 0.25) is 0 Å². The van der Waals surface area contributed by atoms with Crippen LogP contribution in [0.4, 0.5) is 11.6 Å². The lowest BCUT2D eigenvalue weighted by Gasteiger charge is -2.33. The van der Waals surface area contributed by atoms with Gasteiger partial charge in [-0.1, -0.05) is 6.92 Å². The molecule has 100 valence electrons. The van der Waals surface area contributed by atoms with Crippen LogP contribution in [0.3, 0.4) is 0 Å². The fourth-order valence-electron chi connectivity index (χ4n) is 2.35. The first-order chi connectivity index (χ1) is 8.76. The first-order valence-electron chi connectivity index (χ1n) is 6.68. The molecule has 0 spiro atoms. The molecule has 1 atom stereocenters. The number of aromatic nitrogens is 2. The zero-order valence-corrected chi connectivity index (χ0v) is 11.2. The van der Waals surface area contributed by atoms with Crippen molar-refractivity contribution in [1.82, 2.24) is 9.97 Å². The highest BCUT2D eigenvalue weighted by Crippen LogP contribution is 2.23. The molecular formula is C13H22N4O. The van der Waals surface area contributed by atoms with Gasteiger partial charge in [-0.15, -0.1) is 0 Å². The third kappa shape index (κ3) is 2.90. The Bertz CT molecular complexity index is 374. The standard InChI is InChI=1S/C13H22N4O/c1-3-11-15-12(14-2)7-13(16-11)17-6-4-5-10(8-17)9-18/h7,10,18H,3-6,8-9H2,1-2H3,(H,14,15,16). The summed E-state index contributed by atoms with van der Waals surface area (Å²) < 4.78 is 0. The molecule has 0 amide bonds. The summed E-state index contributed by atoms with van der Waals surface area (Å²) in [6.07, 6.45) is 3.06. The number of hydrogen-bond acceptors (Lipinski definition) is 5. The second-order valence-corrected chi connectivity index (χ2v) is 4.77. The van der Waals surface area contributed by atoms with Crippen LogP contribution in [0.25, 0.3) is 0 Å². The van der Waals surface area contributed by atoms with Crippen molar-refractivity contribution in [3.63, 3.8) is 0 Å². The Kier molecular flexibility index (Phi) is 4.36. The van der Waals surface area contributed by atoms with Gasteiger partial charge in [0, 0.05) is 39.2 Å². The first kappa shape index (κ1) is 13.1. The average molecular weight is 250 g/mol. The van der Waals surface area contributed by atoms with Gasteiger partial charge in [-0.05, 0) is 18.8 Å². The number of nitrogens with one attached hydrogen (secondary N) is 1. The van der Waals surface area contributed by atoms with Gasteiger partial charge in [0.15, 0.2) is 0 Å². The summed E-state index contributed by atoms with van der Waals surface area (Å²) in [5, 5.41) is 12.4. The second kappa shape index (κ2) is 6.00. The maximum absolute atomic E-state index is 9.29. The molecule has 1 saturated heterocycles. The number of aryl methyl sites for hydroxylation is 1. The minimum Gasteiger partial charge on any atom is -0.396 e. The van der Waals surface area contributed by atoms with E-state index < -0.39 is 0 Å². The molecule has 2 heterocycles. The van der Waals surface area contributed by atoms with Crippen molar-refractivity contribution in [2.45, 2.75) is 26.2 Å². The van der Waals surface area contributed by atoms with Crippen molar-refractivity contribution in [3.05, 3.63) is 11.9 Å². The molecule has 0 saturated carbocycles. The number of rotatable bonds is 4. The molecule has 0 bridgehead atoms. The normalized spacial score (nSPS) is 19.9. The number of hydrogen-bond donors (Lipinski definition) is 2. The van der Waals surface area contributed by atoms with Crippen LogP contribution in [0.15, 0.2) is 6.07 Å². The third-order valence-corrected chi connectivity index (χ3v) is 3.43. The summed E-state index contributed by atoms with van der Waals surface area (Å²) in [5.41, 5.74) is 0. The van der Waals surface area contributed by atoms with Crippen LogP contribution in [-0.2, 0) is 6.42 Å². The number of anilines is 2. The molecule has 2 rings (SSSR count). The van der Waals surface area contributed by atoms with Crippen molar-refractivity contribution in [2.75, 3.05) is 37.0 Å². The molecule has 0 radical (unpaired) electrons. The van der Waals surface area contributed by atoms with Crippen molar-refractivity contribution < 1.29 is 5.11 Å². The molecule has 18 heavy (non-hydrogen) atoms. The van der Waals surface area contributed by atoms with Gasteiger partial charge in [0.25, 0.3) is 0 Å². The van der Waals surface area contributed by atoms with Crippen LogP contribution in [-0.4, -0.2) is 41.8 Å². The smallest absolute Gasteiger partial charge is 0.134 e. The van der Waals surface area contributed by atoms with Crippen molar-refractivity contribution in [1.29, 1.82) is 0 Å². The van der Waals surface area contributed by atoms with Crippen LogP contribution in [0.1, 0.15) is 25.6 Å². The van der Waals surface area contributed by atoms with Gasteiger partial charge < -0.3 is 15.3 Å². The molecule has 5 nitrogen and oxygen atoms in total. The van der Waals surface area contributed by atoms with Crippen LogP contribution in [0, 0.1) is 5.92 Å². The van der Waals surface area contributed by atoms with E-state index in [1.165, 1.54) is 0 Å². The minimum atomic E-state index is 0.265. The van der Waals surface area contributed by atoms with Crippen molar-refractivity contribution >= 4 is 11.6 Å². The van der Waals surface area contributed by atoms with Crippen LogP contribution >= 0.6 is 0 Å². The fourth-order valence-corrected chi connectivity index (χ4v) is 2.35. The van der Waals surface area contributed by atoms with Gasteiger partial charge in [-0.25, -0.2) is 9.97 Å². The van der Waals surface area contributed by atoms with Crippen LogP contribution < -0.4 is 10.2 Å². The van der Waals surface area contributed by atoms with E-state index in [4.69, 9.17) is 0 Å². The lowest BCUT2D eigenvalue weighted by Crippen LogP contribution is -2.37. The van der Waals surface area contributed by atoms with E-state index in [9.17, 15) is 5.11 Å². The molecule has 5 heteroatoms. The summed E-state index contributed by atoms with van der Waals surface area (Å²) in [4.78, 5) is 11.2. The van der Waals surface area contributed by atoms with Gasteiger partial charge >= 0.3 is 0 Å². The van der Waals surface area contributed by atoms with Crippen molar-refractivity contribution in [3.8, 4) is 0 Å². The van der Waals surface area contributed by atoms with E-state index in [0.717, 1.165) is 49.8 Å². The highest BCUT2D eigenvalue weighted by molar-refractivity contribution is 5.49. The molecule has 1 aromatic heterocycles. The Balaban J connectivity index is 2.20. The van der Waals surface area contributed by atoms with Gasteiger partial charge in [0.2, 0.25) is 0 Å². The van der Waals surface area contributed by atoms with E-state index in [1.807, 2.05) is 13.1 Å². The van der Waals surface area contributed by atoms with Gasteiger partial charge in [0.1, 0.15) is 17.5 Å². The molecule has 1 aliphatic rings. The lowest BCUT2D eigenvalue weighted by atomic mass is 9.99. The monoisotopic (exact) mass is 250 g/mol. The average Bonchev–Trinajstić information content (AvgIpc) is 2.46. The van der Waals surface area contributed by atoms with E-state index in [2.05, 4.69) is 27.1 Å². The minimum absolute atomic E-state index is 0.265. The molecule has 2 N–H and O–H groups in total. The Labute approximate surface area is 108 Å². The summed E-state index contributed by atoms with van der Waals surface area (Å²) in [6, 6.07) is 1.99. The van der Waals surface area contributed by atoms with E-state index in [1.54, 1.807) is 0 Å². The first-order valence-corrected chi connectivity index (χ1v) is 6.68. The zero-order chi connectivity index (χ0) is 13.0. The Morgan fingerprint density at radius 1 is 1.50 bits per heavy atom. The molecular weight excluding hydrogens is 228 g/mol. The largest absolute Gasteiger partial charge is 0.396 e. The SMILES string of the molecule is CCc1nc(NC)cc(N2CCCC(CO)C2)n1. The predicted octanol–water partition coefficient (Wildman–Crippen LogP) is 1.29. The van der Waals surface area contributed by atoms with Gasteiger partial charge in [0.05, 0.1) is 0 Å². The fraction of sp³-hybridized carbons (Fsp3) is 0.692.